The largest absolute Gasteiger partial charge is 0.478 e. The second kappa shape index (κ2) is 5.27. The zero-order chi connectivity index (χ0) is 13.0. The Kier molecular flexibility index (Phi) is 3.52. The van der Waals surface area contributed by atoms with Crippen LogP contribution in [0.4, 0.5) is 5.82 Å². The minimum absolute atomic E-state index is 0.0407. The van der Waals surface area contributed by atoms with Gasteiger partial charge in [0.1, 0.15) is 5.56 Å². The molecule has 5 nitrogen and oxygen atoms in total. The summed E-state index contributed by atoms with van der Waals surface area (Å²) in [7, 11) is 0. The van der Waals surface area contributed by atoms with E-state index >= 15 is 0 Å². The Morgan fingerprint density at radius 3 is 2.67 bits per heavy atom. The minimum Gasteiger partial charge on any atom is -0.478 e. The molecule has 0 saturated carbocycles. The summed E-state index contributed by atoms with van der Waals surface area (Å²) in [5.41, 5.74) is 1.17. The molecule has 0 saturated heterocycles. The number of hydrogen-bond acceptors (Lipinski definition) is 4. The molecule has 1 aromatic heterocycles. The van der Waals surface area contributed by atoms with Crippen molar-refractivity contribution in [3.8, 4) is 0 Å². The van der Waals surface area contributed by atoms with Crippen LogP contribution in [0, 0.1) is 0 Å². The van der Waals surface area contributed by atoms with Gasteiger partial charge in [-0.15, -0.1) is 5.10 Å². The maximum Gasteiger partial charge on any atom is 0.339 e. The number of aromatic carboxylic acids is 1. The normalized spacial score (nSPS) is 11.8. The molecule has 1 atom stereocenters. The summed E-state index contributed by atoms with van der Waals surface area (Å²) < 4.78 is 0. The summed E-state index contributed by atoms with van der Waals surface area (Å²) >= 11 is 0. The van der Waals surface area contributed by atoms with E-state index in [4.69, 9.17) is 5.11 Å². The van der Waals surface area contributed by atoms with Crippen LogP contribution >= 0.6 is 0 Å². The number of benzene rings is 1. The predicted molar refractivity (Wildman–Crippen MR) is 67.5 cm³/mol. The lowest BCUT2D eigenvalue weighted by atomic mass is 10.1. The average Bonchev–Trinajstić information content (AvgIpc) is 2.40. The second-order valence-electron chi connectivity index (χ2n) is 3.88. The summed E-state index contributed by atoms with van der Waals surface area (Å²) in [4.78, 5) is 11.0. The fourth-order valence-corrected chi connectivity index (χ4v) is 1.64. The van der Waals surface area contributed by atoms with Crippen molar-refractivity contribution in [2.24, 2.45) is 0 Å². The van der Waals surface area contributed by atoms with E-state index in [9.17, 15) is 4.79 Å². The Hall–Kier alpha value is -2.43. The van der Waals surface area contributed by atoms with Gasteiger partial charge in [0.15, 0.2) is 5.82 Å². The number of aromatic nitrogens is 2. The van der Waals surface area contributed by atoms with E-state index in [1.807, 2.05) is 37.3 Å². The maximum absolute atomic E-state index is 11.0. The lowest BCUT2D eigenvalue weighted by molar-refractivity contribution is 0.0697. The standard InChI is InChI=1S/C13H13N3O2/c1-9(10-5-3-2-4-6-10)15-12-11(13(17)18)7-8-14-16-12/h2-9H,1H3,(H,15,16)(H,17,18). The highest BCUT2D eigenvalue weighted by atomic mass is 16.4. The van der Waals surface area contributed by atoms with Crippen LogP contribution in [-0.4, -0.2) is 21.3 Å². The molecule has 18 heavy (non-hydrogen) atoms. The highest BCUT2D eigenvalue weighted by Crippen LogP contribution is 2.19. The van der Waals surface area contributed by atoms with Crippen molar-refractivity contribution < 1.29 is 9.90 Å². The molecule has 0 aliphatic heterocycles. The molecule has 0 aliphatic rings. The third kappa shape index (κ3) is 2.63. The molecule has 92 valence electrons. The Balaban J connectivity index is 2.22. The number of carboxylic acid groups (broad SMARTS) is 1. The molecule has 1 aromatic carbocycles. The van der Waals surface area contributed by atoms with Crippen LogP contribution in [0.3, 0.4) is 0 Å². The first kappa shape index (κ1) is 12.0. The van der Waals surface area contributed by atoms with Crippen LogP contribution < -0.4 is 5.32 Å². The van der Waals surface area contributed by atoms with Gasteiger partial charge >= 0.3 is 5.97 Å². The summed E-state index contributed by atoms with van der Waals surface area (Å²) in [6.45, 7) is 1.94. The monoisotopic (exact) mass is 243 g/mol. The second-order valence-corrected chi connectivity index (χ2v) is 3.88. The number of rotatable bonds is 4. The number of nitrogens with one attached hydrogen (secondary N) is 1. The van der Waals surface area contributed by atoms with Crippen molar-refractivity contribution in [3.63, 3.8) is 0 Å². The molecule has 2 N–H and O–H groups in total. The van der Waals surface area contributed by atoms with Crippen LogP contribution in [0.1, 0.15) is 28.9 Å². The lowest BCUT2D eigenvalue weighted by Crippen LogP contribution is -2.12. The van der Waals surface area contributed by atoms with Gasteiger partial charge in [-0.2, -0.15) is 5.10 Å². The molecule has 0 bridgehead atoms. The van der Waals surface area contributed by atoms with E-state index in [1.54, 1.807) is 0 Å². The SMILES string of the molecule is CC(Nc1nnccc1C(=O)O)c1ccccc1. The van der Waals surface area contributed by atoms with Crippen molar-refractivity contribution in [1.29, 1.82) is 0 Å². The molecular weight excluding hydrogens is 230 g/mol. The van der Waals surface area contributed by atoms with Crippen molar-refractivity contribution >= 4 is 11.8 Å². The van der Waals surface area contributed by atoms with Crippen LogP contribution in [0.5, 0.6) is 0 Å². The number of anilines is 1. The topological polar surface area (TPSA) is 75.1 Å². The molecule has 0 aliphatic carbocycles. The quantitative estimate of drug-likeness (QED) is 0.862. The summed E-state index contributed by atoms with van der Waals surface area (Å²) in [6, 6.07) is 11.1. The first-order valence-electron chi connectivity index (χ1n) is 5.55. The van der Waals surface area contributed by atoms with E-state index < -0.39 is 5.97 Å². The van der Waals surface area contributed by atoms with Gasteiger partial charge in [0.25, 0.3) is 0 Å². The summed E-state index contributed by atoms with van der Waals surface area (Å²) in [5, 5.41) is 19.6. The smallest absolute Gasteiger partial charge is 0.339 e. The zero-order valence-corrected chi connectivity index (χ0v) is 9.87. The summed E-state index contributed by atoms with van der Waals surface area (Å²) in [6.07, 6.45) is 1.36. The van der Waals surface area contributed by atoms with Gasteiger partial charge in [-0.25, -0.2) is 4.79 Å². The Bertz CT molecular complexity index is 543. The van der Waals surface area contributed by atoms with Crippen molar-refractivity contribution in [1.82, 2.24) is 10.2 Å². The van der Waals surface area contributed by atoms with Gasteiger partial charge in [0, 0.05) is 0 Å². The van der Waals surface area contributed by atoms with Crippen LogP contribution in [-0.2, 0) is 0 Å². The first-order valence-corrected chi connectivity index (χ1v) is 5.55. The average molecular weight is 243 g/mol. The van der Waals surface area contributed by atoms with E-state index in [2.05, 4.69) is 15.5 Å². The van der Waals surface area contributed by atoms with Gasteiger partial charge in [-0.1, -0.05) is 30.3 Å². The van der Waals surface area contributed by atoms with E-state index in [-0.39, 0.29) is 17.4 Å². The molecule has 1 unspecified atom stereocenters. The van der Waals surface area contributed by atoms with Crippen LogP contribution in [0.25, 0.3) is 0 Å². The Labute approximate surface area is 104 Å². The van der Waals surface area contributed by atoms with Gasteiger partial charge in [-0.05, 0) is 18.6 Å². The third-order valence-electron chi connectivity index (χ3n) is 2.60. The zero-order valence-electron chi connectivity index (χ0n) is 9.87. The van der Waals surface area contributed by atoms with E-state index in [1.165, 1.54) is 12.3 Å². The Morgan fingerprint density at radius 2 is 2.00 bits per heavy atom. The highest BCUT2D eigenvalue weighted by molar-refractivity contribution is 5.92. The molecule has 0 amide bonds. The fourth-order valence-electron chi connectivity index (χ4n) is 1.64. The first-order chi connectivity index (χ1) is 8.68. The van der Waals surface area contributed by atoms with Gasteiger partial charge in [-0.3, -0.25) is 0 Å². The lowest BCUT2D eigenvalue weighted by Gasteiger charge is -2.15. The fraction of sp³-hybridized carbons (Fsp3) is 0.154. The number of carboxylic acids is 1. The van der Waals surface area contributed by atoms with Crippen molar-refractivity contribution in [2.45, 2.75) is 13.0 Å². The summed E-state index contributed by atoms with van der Waals surface area (Å²) in [5.74, 6) is -0.742. The van der Waals surface area contributed by atoms with E-state index in [0.717, 1.165) is 5.56 Å². The van der Waals surface area contributed by atoms with Crippen LogP contribution in [0.15, 0.2) is 42.6 Å². The number of hydrogen-bond donors (Lipinski definition) is 2. The van der Waals surface area contributed by atoms with Crippen molar-refractivity contribution in [2.75, 3.05) is 5.32 Å². The molecule has 0 radical (unpaired) electrons. The molecule has 2 aromatic rings. The maximum atomic E-state index is 11.0. The number of carbonyl (C=O) groups is 1. The van der Waals surface area contributed by atoms with Gasteiger partial charge in [0.2, 0.25) is 0 Å². The highest BCUT2D eigenvalue weighted by Gasteiger charge is 2.14. The predicted octanol–water partition coefficient (Wildman–Crippen LogP) is 2.35. The third-order valence-corrected chi connectivity index (χ3v) is 2.60. The van der Waals surface area contributed by atoms with Crippen molar-refractivity contribution in [3.05, 3.63) is 53.7 Å². The molecule has 5 heteroatoms. The van der Waals surface area contributed by atoms with Crippen LogP contribution in [0.2, 0.25) is 0 Å². The Morgan fingerprint density at radius 1 is 1.28 bits per heavy atom. The molecule has 1 heterocycles. The van der Waals surface area contributed by atoms with E-state index in [0.29, 0.717) is 0 Å². The minimum atomic E-state index is -1.02. The molecule has 0 spiro atoms. The van der Waals surface area contributed by atoms with Gasteiger partial charge < -0.3 is 10.4 Å². The molecular formula is C13H13N3O2. The molecule has 0 fully saturated rings. The number of nitrogens with zero attached hydrogens (tertiary/aromatic N) is 2. The van der Waals surface area contributed by atoms with Gasteiger partial charge in [0.05, 0.1) is 12.2 Å². The molecule has 2 rings (SSSR count).